The molecule has 27 heavy (non-hydrogen) atoms. The molecule has 0 saturated heterocycles. The van der Waals surface area contributed by atoms with E-state index < -0.39 is 0 Å². The smallest absolute Gasteiger partial charge is 0.253 e. The van der Waals surface area contributed by atoms with Crippen LogP contribution in [0.25, 0.3) is 0 Å². The maximum Gasteiger partial charge on any atom is 0.253 e. The average molecular weight is 472 g/mol. The Labute approximate surface area is 191 Å². The minimum absolute atomic E-state index is 0. The zero-order valence-corrected chi connectivity index (χ0v) is 22.4. The molecule has 158 valence electrons. The Hall–Kier alpha value is 0.00338. The molecule has 0 unspecified atom stereocenters. The van der Waals surface area contributed by atoms with Crippen molar-refractivity contribution in [2.75, 3.05) is 13.2 Å². The van der Waals surface area contributed by atoms with Crippen molar-refractivity contribution in [1.82, 2.24) is 0 Å². The van der Waals surface area contributed by atoms with Gasteiger partial charge in [-0.3, -0.25) is 0 Å². The molecule has 0 aliphatic rings. The molecule has 4 N–H and O–H groups in total. The molecule has 0 bridgehead atoms. The van der Waals surface area contributed by atoms with E-state index in [0.29, 0.717) is 13.2 Å². The van der Waals surface area contributed by atoms with Crippen LogP contribution in [0.3, 0.4) is 0 Å². The minimum Gasteiger partial charge on any atom is -0.471 e. The summed E-state index contributed by atoms with van der Waals surface area (Å²) in [5, 5.41) is 0.344. The van der Waals surface area contributed by atoms with Gasteiger partial charge in [0.2, 0.25) is 0 Å². The second-order valence-corrected chi connectivity index (χ2v) is 7.38. The van der Waals surface area contributed by atoms with Gasteiger partial charge in [0.1, 0.15) is 0 Å². The normalized spacial score (nSPS) is 9.56. The molecule has 0 atom stereocenters. The maximum atomic E-state index is 5.18. The molecule has 0 fully saturated rings. The van der Waals surface area contributed by atoms with Crippen molar-refractivity contribution in [2.24, 2.45) is 11.5 Å². The van der Waals surface area contributed by atoms with Crippen LogP contribution >= 0.6 is 24.4 Å². The SMILES string of the molecule is CCCCCCCCCOC(N)=S.CCCCCCCCCOC(N)=S.[Zn]. The Bertz CT molecular complexity index is 292. The predicted molar refractivity (Wildman–Crippen MR) is 121 cm³/mol. The van der Waals surface area contributed by atoms with Gasteiger partial charge in [0.15, 0.2) is 0 Å². The van der Waals surface area contributed by atoms with Crippen molar-refractivity contribution in [3.05, 3.63) is 0 Å². The number of hydrogen-bond donors (Lipinski definition) is 2. The quantitative estimate of drug-likeness (QED) is 0.163. The summed E-state index contributed by atoms with van der Waals surface area (Å²) in [4.78, 5) is 0. The summed E-state index contributed by atoms with van der Waals surface area (Å²) < 4.78 is 9.96. The van der Waals surface area contributed by atoms with Gasteiger partial charge in [-0.15, -0.1) is 0 Å². The van der Waals surface area contributed by atoms with Crippen molar-refractivity contribution in [1.29, 1.82) is 0 Å². The fraction of sp³-hybridized carbons (Fsp3) is 0.900. The summed E-state index contributed by atoms with van der Waals surface area (Å²) in [5.74, 6) is 0. The first-order valence-corrected chi connectivity index (χ1v) is 11.2. The standard InChI is InChI=1S/2C10H21NOS.Zn/c2*1-2-3-4-5-6-7-8-9-12-10(11)13;/h2*2-9H2,1H3,(H2,11,13);. The molecule has 0 aromatic heterocycles. The number of thiocarbonyl (C=S) groups is 2. The number of ether oxygens (including phenoxy) is 2. The zero-order chi connectivity index (χ0) is 19.9. The van der Waals surface area contributed by atoms with E-state index in [0.717, 1.165) is 12.8 Å². The van der Waals surface area contributed by atoms with Gasteiger partial charge in [0.25, 0.3) is 10.3 Å². The third-order valence-electron chi connectivity index (χ3n) is 3.98. The third-order valence-corrected chi connectivity index (χ3v) is 4.22. The average Bonchev–Trinajstić information content (AvgIpc) is 2.60. The molecular weight excluding hydrogens is 430 g/mol. The molecule has 0 rings (SSSR count). The van der Waals surface area contributed by atoms with E-state index in [-0.39, 0.29) is 29.8 Å². The van der Waals surface area contributed by atoms with E-state index >= 15 is 0 Å². The van der Waals surface area contributed by atoms with Crippen molar-refractivity contribution in [2.45, 2.75) is 104 Å². The molecule has 0 radical (unpaired) electrons. The van der Waals surface area contributed by atoms with E-state index in [2.05, 4.69) is 38.3 Å². The van der Waals surface area contributed by atoms with Crippen molar-refractivity contribution >= 4 is 34.8 Å². The van der Waals surface area contributed by atoms with E-state index in [1.807, 2.05) is 0 Å². The molecule has 0 aliphatic heterocycles. The summed E-state index contributed by atoms with van der Waals surface area (Å²) >= 11 is 9.17. The van der Waals surface area contributed by atoms with Crippen LogP contribution in [-0.4, -0.2) is 23.6 Å². The molecule has 0 heterocycles. The van der Waals surface area contributed by atoms with E-state index in [4.69, 9.17) is 20.9 Å². The van der Waals surface area contributed by atoms with Gasteiger partial charge in [0, 0.05) is 19.5 Å². The Morgan fingerprint density at radius 3 is 1.07 bits per heavy atom. The van der Waals surface area contributed by atoms with E-state index in [1.165, 1.54) is 77.0 Å². The molecule has 4 nitrogen and oxygen atoms in total. The molecule has 0 aliphatic carbocycles. The van der Waals surface area contributed by atoms with Gasteiger partial charge in [-0.05, 0) is 37.3 Å². The minimum atomic E-state index is 0. The van der Waals surface area contributed by atoms with Crippen LogP contribution in [0.4, 0.5) is 0 Å². The van der Waals surface area contributed by atoms with Crippen molar-refractivity contribution in [3.8, 4) is 0 Å². The number of nitrogens with two attached hydrogens (primary N) is 2. The summed E-state index contributed by atoms with van der Waals surface area (Å²) in [6, 6.07) is 0. The Morgan fingerprint density at radius 1 is 0.556 bits per heavy atom. The van der Waals surface area contributed by atoms with Gasteiger partial charge >= 0.3 is 0 Å². The summed E-state index contributed by atoms with van der Waals surface area (Å²) in [5.41, 5.74) is 10.4. The molecule has 0 amide bonds. The third kappa shape index (κ3) is 37.4. The topological polar surface area (TPSA) is 70.5 Å². The first kappa shape index (κ1) is 31.7. The number of rotatable bonds is 16. The fourth-order valence-corrected chi connectivity index (χ4v) is 2.63. The van der Waals surface area contributed by atoms with Crippen molar-refractivity contribution < 1.29 is 29.0 Å². The molecule has 7 heteroatoms. The van der Waals surface area contributed by atoms with Crippen LogP contribution in [0.15, 0.2) is 0 Å². The first-order chi connectivity index (χ1) is 12.5. The van der Waals surface area contributed by atoms with Gasteiger partial charge in [-0.2, -0.15) is 0 Å². The van der Waals surface area contributed by atoms with Crippen LogP contribution < -0.4 is 11.5 Å². The molecule has 0 aromatic rings. The van der Waals surface area contributed by atoms with Crippen LogP contribution in [0.5, 0.6) is 0 Å². The molecule has 0 saturated carbocycles. The Morgan fingerprint density at radius 2 is 0.815 bits per heavy atom. The number of unbranched alkanes of at least 4 members (excludes halogenated alkanes) is 12. The second kappa shape index (κ2) is 28.2. The zero-order valence-electron chi connectivity index (χ0n) is 17.8. The Balaban J connectivity index is -0.000000411. The van der Waals surface area contributed by atoms with E-state index in [9.17, 15) is 0 Å². The molecule has 0 spiro atoms. The summed E-state index contributed by atoms with van der Waals surface area (Å²) in [7, 11) is 0. The first-order valence-electron chi connectivity index (χ1n) is 10.4. The van der Waals surface area contributed by atoms with Crippen LogP contribution in [0.1, 0.15) is 104 Å². The van der Waals surface area contributed by atoms with Crippen LogP contribution in [0.2, 0.25) is 0 Å². The fourth-order valence-electron chi connectivity index (χ4n) is 2.46. The van der Waals surface area contributed by atoms with Crippen LogP contribution in [0, 0.1) is 0 Å². The van der Waals surface area contributed by atoms with Crippen LogP contribution in [-0.2, 0) is 29.0 Å². The predicted octanol–water partition coefficient (Wildman–Crippen LogP) is 5.99. The largest absolute Gasteiger partial charge is 0.471 e. The van der Waals surface area contributed by atoms with Gasteiger partial charge in [-0.25, -0.2) is 0 Å². The molecular formula is C20H42N2O2S2Zn. The van der Waals surface area contributed by atoms with Gasteiger partial charge in [-0.1, -0.05) is 90.9 Å². The summed E-state index contributed by atoms with van der Waals surface area (Å²) in [6.07, 6.45) is 18.0. The van der Waals surface area contributed by atoms with E-state index in [1.54, 1.807) is 0 Å². The summed E-state index contributed by atoms with van der Waals surface area (Å²) in [6.45, 7) is 5.83. The monoisotopic (exact) mass is 470 g/mol. The molecule has 0 aromatic carbocycles. The Kier molecular flexibility index (Phi) is 33.1. The van der Waals surface area contributed by atoms with Crippen molar-refractivity contribution in [3.63, 3.8) is 0 Å². The number of hydrogen-bond acceptors (Lipinski definition) is 4. The van der Waals surface area contributed by atoms with Gasteiger partial charge in [0.05, 0.1) is 13.2 Å². The second-order valence-electron chi connectivity index (χ2n) is 6.58. The van der Waals surface area contributed by atoms with Gasteiger partial charge < -0.3 is 20.9 Å². The maximum absolute atomic E-state index is 5.18.